The lowest BCUT2D eigenvalue weighted by molar-refractivity contribution is -0.388. The summed E-state index contributed by atoms with van der Waals surface area (Å²) in [6.45, 7) is 15.0. The molecule has 0 amide bonds. The van der Waals surface area contributed by atoms with E-state index in [1.54, 1.807) is 0 Å². The van der Waals surface area contributed by atoms with Crippen molar-refractivity contribution in [3.05, 3.63) is 11.6 Å². The second-order valence-electron chi connectivity index (χ2n) is 28.7. The predicted octanol–water partition coefficient (Wildman–Crippen LogP) is -2.54. The summed E-state index contributed by atoms with van der Waals surface area (Å²) in [5, 5.41) is 160. The molecule has 5 aliphatic carbocycles. The molecular formula is C59H96O26. The third-order valence-electron chi connectivity index (χ3n) is 23.1. The van der Waals surface area contributed by atoms with Crippen LogP contribution in [-0.2, 0) is 52.2 Å². The average Bonchev–Trinajstić information content (AvgIpc) is 0.700. The summed E-state index contributed by atoms with van der Waals surface area (Å²) in [5.74, 6) is -0.599. The average molecular weight is 1220 g/mol. The van der Waals surface area contributed by atoms with Gasteiger partial charge in [-0.3, -0.25) is 4.79 Å². The van der Waals surface area contributed by atoms with Crippen molar-refractivity contribution in [2.24, 2.45) is 50.2 Å². The standard InChI is InChI=1S/C59H96O26/c1-24-34(63)38(67)43(72)49(78-24)84-47-46(83-50-44(73)40(69)36(65)29(21-61)80-50)27(62)22-76-52(47)82-33-12-13-56(6)31(55(33,4)5)11-14-58(8)32(56)10-9-25-26-19-54(2,3)15-17-59(26,18-16-57(25,58)7)53(75)85-51-45(74)41(70)37(66)30(81-51)23-77-48-42(71)39(68)35(64)28(20-60)79-48/h9,24,26-52,60-74H,10-23H2,1-8H3/t24-,26-,27-,28+,29+,30+,31-,32+,33-,34-,35+,36+,37+,38+,39-,40-,41-,42+,43+,44+,45+,46-,47+,48+,49-,50-,51-,52-,56-,57+,58+,59-/m0/s1. The van der Waals surface area contributed by atoms with Crippen molar-refractivity contribution in [3.63, 3.8) is 0 Å². The van der Waals surface area contributed by atoms with Gasteiger partial charge >= 0.3 is 5.97 Å². The van der Waals surface area contributed by atoms with Gasteiger partial charge < -0.3 is 124 Å². The summed E-state index contributed by atoms with van der Waals surface area (Å²) in [6.07, 6.45) is -29.9. The Morgan fingerprint density at radius 1 is 0.553 bits per heavy atom. The molecule has 0 radical (unpaired) electrons. The molecule has 0 aromatic rings. The van der Waals surface area contributed by atoms with Crippen LogP contribution in [0.15, 0.2) is 11.6 Å². The van der Waals surface area contributed by atoms with Gasteiger partial charge in [-0.15, -0.1) is 0 Å². The summed E-state index contributed by atoms with van der Waals surface area (Å²) in [5.41, 5.74) is -1.41. The Morgan fingerprint density at radius 2 is 1.09 bits per heavy atom. The van der Waals surface area contributed by atoms with Crippen molar-refractivity contribution < 1.29 is 129 Å². The van der Waals surface area contributed by atoms with Crippen LogP contribution in [-0.4, -0.2) is 263 Å². The zero-order chi connectivity index (χ0) is 62.0. The van der Waals surface area contributed by atoms with Crippen molar-refractivity contribution in [3.8, 4) is 0 Å². The van der Waals surface area contributed by atoms with E-state index in [1.807, 2.05) is 0 Å². The maximum absolute atomic E-state index is 15.2. The monoisotopic (exact) mass is 1220 g/mol. The molecule has 0 aromatic carbocycles. The van der Waals surface area contributed by atoms with Crippen molar-refractivity contribution >= 4 is 5.97 Å². The van der Waals surface area contributed by atoms with Crippen LogP contribution < -0.4 is 0 Å². The lowest BCUT2D eigenvalue weighted by atomic mass is 9.33. The Hall–Kier alpha value is -1.75. The van der Waals surface area contributed by atoms with Gasteiger partial charge in [0.2, 0.25) is 6.29 Å². The minimum Gasteiger partial charge on any atom is -0.432 e. The maximum Gasteiger partial charge on any atom is 0.315 e. The van der Waals surface area contributed by atoms with Crippen LogP contribution >= 0.6 is 0 Å². The van der Waals surface area contributed by atoms with Crippen LogP contribution in [0.25, 0.3) is 0 Å². The molecule has 15 N–H and O–H groups in total. The number of allylic oxidation sites excluding steroid dienone is 2. The van der Waals surface area contributed by atoms with Crippen LogP contribution in [0.2, 0.25) is 0 Å². The van der Waals surface area contributed by atoms with Gasteiger partial charge in [-0.25, -0.2) is 0 Å². The van der Waals surface area contributed by atoms with Gasteiger partial charge in [-0.05, 0) is 116 Å². The molecule has 10 rings (SSSR count). The molecule has 32 atom stereocenters. The first kappa shape index (κ1) is 66.2. The zero-order valence-corrected chi connectivity index (χ0v) is 49.8. The number of aliphatic hydroxyl groups excluding tert-OH is 15. The maximum atomic E-state index is 15.2. The molecule has 0 bridgehead atoms. The Labute approximate surface area is 494 Å². The SMILES string of the molecule is C[C@@H]1O[C@@H](O[C@H]2[C@H](O[C@H]3CC[C@]4(C)[C@H]5CC=C6[C@@H]7CC(C)(C)CC[C@]7(C(=O)O[C@@H]7O[C@H](CO[C@@H]8O[C@H](CO)[C@@H](O)[C@H](O)[C@H]8O)[C@@H](O)[C@H](O)[C@H]7O)CC[C@@]6(C)[C@]5(C)CC[C@H]4C3(C)C)OC[C@H](O)[C@@H]2O[C@@H]2O[C@H](CO)[C@@H](O)[C@H](O)[C@H]2O)[C@H](O)[C@H](O)[C@H]1O. The number of rotatable bonds is 13. The van der Waals surface area contributed by atoms with E-state index in [9.17, 15) is 76.6 Å². The summed E-state index contributed by atoms with van der Waals surface area (Å²) in [4.78, 5) is 15.2. The van der Waals surface area contributed by atoms with E-state index >= 15 is 4.79 Å². The first-order valence-corrected chi connectivity index (χ1v) is 30.6. The quantitative estimate of drug-likeness (QED) is 0.0513. The van der Waals surface area contributed by atoms with Gasteiger partial charge in [-0.2, -0.15) is 0 Å². The van der Waals surface area contributed by atoms with Crippen LogP contribution in [0.1, 0.15) is 120 Å². The summed E-state index contributed by atoms with van der Waals surface area (Å²) in [7, 11) is 0. The number of carbonyl (C=O) groups is 1. The largest absolute Gasteiger partial charge is 0.432 e. The number of ether oxygens (including phenoxy) is 10. The fourth-order valence-corrected chi connectivity index (χ4v) is 17.6. The van der Waals surface area contributed by atoms with Gasteiger partial charge in [0.15, 0.2) is 25.2 Å². The summed E-state index contributed by atoms with van der Waals surface area (Å²) >= 11 is 0. The second kappa shape index (κ2) is 24.4. The first-order chi connectivity index (χ1) is 39.8. The number of esters is 1. The Kier molecular flexibility index (Phi) is 19.0. The third-order valence-corrected chi connectivity index (χ3v) is 23.1. The number of fused-ring (bicyclic) bond motifs is 7. The molecule has 5 heterocycles. The molecule has 9 fully saturated rings. The highest BCUT2D eigenvalue weighted by Crippen LogP contribution is 2.76. The summed E-state index contributed by atoms with van der Waals surface area (Å²) in [6, 6.07) is 0. The number of hydrogen-bond donors (Lipinski definition) is 15. The molecule has 26 heteroatoms. The molecule has 5 aliphatic heterocycles. The molecule has 488 valence electrons. The Balaban J connectivity index is 0.875. The van der Waals surface area contributed by atoms with E-state index in [1.165, 1.54) is 12.5 Å². The van der Waals surface area contributed by atoms with Crippen molar-refractivity contribution in [1.29, 1.82) is 0 Å². The van der Waals surface area contributed by atoms with Crippen LogP contribution in [0.3, 0.4) is 0 Å². The van der Waals surface area contributed by atoms with Crippen LogP contribution in [0, 0.1) is 50.2 Å². The fraction of sp³-hybridized carbons (Fsp3) is 0.949. The van der Waals surface area contributed by atoms with E-state index in [0.29, 0.717) is 38.5 Å². The minimum absolute atomic E-state index is 0.0829. The van der Waals surface area contributed by atoms with E-state index in [0.717, 1.165) is 25.7 Å². The second-order valence-corrected chi connectivity index (χ2v) is 28.7. The molecule has 4 saturated carbocycles. The molecule has 5 saturated heterocycles. The topological polar surface area (TPSA) is 413 Å². The van der Waals surface area contributed by atoms with Gasteiger partial charge in [0.25, 0.3) is 0 Å². The summed E-state index contributed by atoms with van der Waals surface area (Å²) < 4.78 is 60.6. The molecule has 10 aliphatic rings. The van der Waals surface area contributed by atoms with Gasteiger partial charge in [0, 0.05) is 0 Å². The predicted molar refractivity (Wildman–Crippen MR) is 288 cm³/mol. The van der Waals surface area contributed by atoms with E-state index in [4.69, 9.17) is 47.4 Å². The van der Waals surface area contributed by atoms with Crippen LogP contribution in [0.4, 0.5) is 0 Å². The smallest absolute Gasteiger partial charge is 0.315 e. The van der Waals surface area contributed by atoms with Crippen LogP contribution in [0.5, 0.6) is 0 Å². The van der Waals surface area contributed by atoms with Gasteiger partial charge in [-0.1, -0.05) is 60.1 Å². The lowest BCUT2D eigenvalue weighted by Crippen LogP contribution is -2.67. The Morgan fingerprint density at radius 3 is 1.73 bits per heavy atom. The third kappa shape index (κ3) is 11.2. The van der Waals surface area contributed by atoms with E-state index in [2.05, 4.69) is 54.5 Å². The number of hydrogen-bond acceptors (Lipinski definition) is 26. The van der Waals surface area contributed by atoms with E-state index < -0.39 is 190 Å². The molecule has 26 nitrogen and oxygen atoms in total. The number of aliphatic hydroxyl groups is 15. The highest BCUT2D eigenvalue weighted by molar-refractivity contribution is 5.79. The molecule has 0 unspecified atom stereocenters. The molecule has 0 aromatic heterocycles. The minimum atomic E-state index is -1.85. The molecule has 0 spiro atoms. The van der Waals surface area contributed by atoms with E-state index in [-0.39, 0.29) is 46.0 Å². The molecular weight excluding hydrogens is 1120 g/mol. The highest BCUT2D eigenvalue weighted by Gasteiger charge is 2.70. The van der Waals surface area contributed by atoms with Gasteiger partial charge in [0.1, 0.15) is 110 Å². The van der Waals surface area contributed by atoms with Gasteiger partial charge in [0.05, 0.1) is 44.1 Å². The molecule has 85 heavy (non-hydrogen) atoms. The van der Waals surface area contributed by atoms with Crippen molar-refractivity contribution in [1.82, 2.24) is 0 Å². The normalized spacial score (nSPS) is 54.1. The first-order valence-electron chi connectivity index (χ1n) is 30.6. The lowest BCUT2D eigenvalue weighted by Gasteiger charge is -2.71. The zero-order valence-electron chi connectivity index (χ0n) is 49.8. The number of carbonyl (C=O) groups excluding carboxylic acids is 1. The van der Waals surface area contributed by atoms with Crippen molar-refractivity contribution in [2.45, 2.75) is 273 Å². The Bertz CT molecular complexity index is 2360. The van der Waals surface area contributed by atoms with Crippen molar-refractivity contribution in [2.75, 3.05) is 26.4 Å². The fourth-order valence-electron chi connectivity index (χ4n) is 17.6. The highest BCUT2D eigenvalue weighted by atomic mass is 16.8.